The summed E-state index contributed by atoms with van der Waals surface area (Å²) in [5.74, 6) is 0.672. The van der Waals surface area contributed by atoms with E-state index in [1.807, 2.05) is 18.2 Å². The molecule has 2 unspecified atom stereocenters. The number of ether oxygens (including phenoxy) is 1. The fourth-order valence-corrected chi connectivity index (χ4v) is 2.51. The maximum Gasteiger partial charge on any atom is 0.303 e. The third-order valence-corrected chi connectivity index (χ3v) is 3.63. The molecule has 0 fully saturated rings. The van der Waals surface area contributed by atoms with Gasteiger partial charge in [0.1, 0.15) is 5.75 Å². The number of carboxylic acid groups (broad SMARTS) is 1. The Morgan fingerprint density at radius 1 is 1.40 bits per heavy atom. The maximum absolute atomic E-state index is 10.7. The molecule has 0 saturated carbocycles. The zero-order valence-electron chi connectivity index (χ0n) is 12.3. The largest absolute Gasteiger partial charge is 0.496 e. The molecule has 0 heterocycles. The topological polar surface area (TPSA) is 72.5 Å². The number of rotatable bonds is 9. The van der Waals surface area contributed by atoms with E-state index in [0.29, 0.717) is 12.5 Å². The predicted octanol–water partition coefficient (Wildman–Crippen LogP) is 2.70. The molecule has 1 aromatic rings. The Kier molecular flexibility index (Phi) is 7.09. The molecule has 20 heavy (non-hydrogen) atoms. The van der Waals surface area contributed by atoms with E-state index in [1.165, 1.54) is 5.56 Å². The summed E-state index contributed by atoms with van der Waals surface area (Å²) in [6, 6.07) is 8.01. The molecule has 0 bridgehead atoms. The number of para-hydroxylation sites is 1. The van der Waals surface area contributed by atoms with Crippen LogP contribution in [0.3, 0.4) is 0 Å². The molecular weight excluding hydrogens is 254 g/mol. The fraction of sp³-hybridized carbons (Fsp3) is 0.562. The van der Waals surface area contributed by atoms with Crippen molar-refractivity contribution >= 4 is 5.97 Å². The maximum atomic E-state index is 10.7. The minimum atomic E-state index is -0.766. The molecule has 0 spiro atoms. The normalized spacial score (nSPS) is 13.8. The Balaban J connectivity index is 2.46. The Labute approximate surface area is 120 Å². The van der Waals surface area contributed by atoms with Crippen molar-refractivity contribution in [3.8, 4) is 5.75 Å². The van der Waals surface area contributed by atoms with Gasteiger partial charge in [0.2, 0.25) is 0 Å². The van der Waals surface area contributed by atoms with E-state index in [9.17, 15) is 4.79 Å². The molecule has 3 N–H and O–H groups in total. The van der Waals surface area contributed by atoms with Crippen LogP contribution < -0.4 is 10.5 Å². The number of aliphatic carboxylic acids is 1. The standard InChI is InChI=1S/C16H25NO3/c1-12(9-13(11-17)10-16(18)19)7-8-14-5-3-4-6-15(14)20-2/h3-6,12-13H,7-11,17H2,1-2H3,(H,18,19). The van der Waals surface area contributed by atoms with E-state index in [2.05, 4.69) is 13.0 Å². The Morgan fingerprint density at radius 3 is 2.70 bits per heavy atom. The lowest BCUT2D eigenvalue weighted by molar-refractivity contribution is -0.138. The van der Waals surface area contributed by atoms with E-state index < -0.39 is 5.97 Å². The van der Waals surface area contributed by atoms with Gasteiger partial charge in [-0.15, -0.1) is 0 Å². The van der Waals surface area contributed by atoms with Crippen molar-refractivity contribution in [3.63, 3.8) is 0 Å². The van der Waals surface area contributed by atoms with Crippen LogP contribution in [0.15, 0.2) is 24.3 Å². The third-order valence-electron chi connectivity index (χ3n) is 3.63. The Hall–Kier alpha value is -1.55. The number of carboxylic acids is 1. The molecule has 4 nitrogen and oxygen atoms in total. The van der Waals surface area contributed by atoms with Gasteiger partial charge in [0.25, 0.3) is 0 Å². The zero-order chi connectivity index (χ0) is 15.0. The number of hydrogen-bond donors (Lipinski definition) is 2. The van der Waals surface area contributed by atoms with E-state index in [0.717, 1.165) is 25.0 Å². The van der Waals surface area contributed by atoms with Crippen molar-refractivity contribution in [3.05, 3.63) is 29.8 Å². The van der Waals surface area contributed by atoms with Crippen LogP contribution in [0.4, 0.5) is 0 Å². The van der Waals surface area contributed by atoms with Crippen molar-refractivity contribution in [2.45, 2.75) is 32.6 Å². The molecule has 4 heteroatoms. The lowest BCUT2D eigenvalue weighted by atomic mass is 9.89. The van der Waals surface area contributed by atoms with Gasteiger partial charge in [0, 0.05) is 6.42 Å². The highest BCUT2D eigenvalue weighted by molar-refractivity contribution is 5.67. The molecule has 0 aliphatic carbocycles. The number of benzene rings is 1. The molecule has 2 atom stereocenters. The second kappa shape index (κ2) is 8.59. The van der Waals surface area contributed by atoms with Crippen LogP contribution in [0.1, 0.15) is 31.7 Å². The molecular formula is C16H25NO3. The first-order valence-corrected chi connectivity index (χ1v) is 7.10. The number of nitrogens with two attached hydrogens (primary N) is 1. The van der Waals surface area contributed by atoms with Crippen LogP contribution in [-0.4, -0.2) is 24.7 Å². The summed E-state index contributed by atoms with van der Waals surface area (Å²) in [5, 5.41) is 8.83. The Bertz CT molecular complexity index is 420. The van der Waals surface area contributed by atoms with Crippen LogP contribution in [-0.2, 0) is 11.2 Å². The summed E-state index contributed by atoms with van der Waals surface area (Å²) < 4.78 is 5.33. The number of carbonyl (C=O) groups is 1. The molecule has 0 aromatic heterocycles. The van der Waals surface area contributed by atoms with Crippen molar-refractivity contribution in [2.24, 2.45) is 17.6 Å². The van der Waals surface area contributed by atoms with Crippen molar-refractivity contribution in [1.29, 1.82) is 0 Å². The van der Waals surface area contributed by atoms with Crippen LogP contribution >= 0.6 is 0 Å². The van der Waals surface area contributed by atoms with Gasteiger partial charge in [-0.25, -0.2) is 0 Å². The summed E-state index contributed by atoms with van der Waals surface area (Å²) in [4.78, 5) is 10.7. The quantitative estimate of drug-likeness (QED) is 0.729. The molecule has 1 rings (SSSR count). The highest BCUT2D eigenvalue weighted by Crippen LogP contribution is 2.23. The van der Waals surface area contributed by atoms with Crippen LogP contribution in [0.2, 0.25) is 0 Å². The van der Waals surface area contributed by atoms with Crippen molar-refractivity contribution in [1.82, 2.24) is 0 Å². The highest BCUT2D eigenvalue weighted by atomic mass is 16.5. The van der Waals surface area contributed by atoms with Gasteiger partial charge < -0.3 is 15.6 Å². The highest BCUT2D eigenvalue weighted by Gasteiger charge is 2.15. The van der Waals surface area contributed by atoms with E-state index in [4.69, 9.17) is 15.6 Å². The van der Waals surface area contributed by atoms with Gasteiger partial charge in [-0.1, -0.05) is 25.1 Å². The van der Waals surface area contributed by atoms with E-state index in [-0.39, 0.29) is 12.3 Å². The average molecular weight is 279 g/mol. The molecule has 0 aliphatic rings. The fourth-order valence-electron chi connectivity index (χ4n) is 2.51. The smallest absolute Gasteiger partial charge is 0.303 e. The molecule has 1 aromatic carbocycles. The number of methoxy groups -OCH3 is 1. The summed E-state index contributed by atoms with van der Waals surface area (Å²) in [5.41, 5.74) is 6.84. The van der Waals surface area contributed by atoms with Gasteiger partial charge in [-0.3, -0.25) is 4.79 Å². The summed E-state index contributed by atoms with van der Waals surface area (Å²) in [6.07, 6.45) is 2.97. The van der Waals surface area contributed by atoms with Crippen LogP contribution in [0, 0.1) is 11.8 Å². The molecule has 112 valence electrons. The zero-order valence-corrected chi connectivity index (χ0v) is 12.3. The summed E-state index contributed by atoms with van der Waals surface area (Å²) in [7, 11) is 1.68. The lowest BCUT2D eigenvalue weighted by Crippen LogP contribution is -2.20. The monoisotopic (exact) mass is 279 g/mol. The first kappa shape index (κ1) is 16.5. The molecule has 0 amide bonds. The average Bonchev–Trinajstić information content (AvgIpc) is 2.44. The third kappa shape index (κ3) is 5.61. The van der Waals surface area contributed by atoms with Gasteiger partial charge in [-0.2, -0.15) is 0 Å². The van der Waals surface area contributed by atoms with E-state index in [1.54, 1.807) is 7.11 Å². The number of hydrogen-bond acceptors (Lipinski definition) is 3. The summed E-state index contributed by atoms with van der Waals surface area (Å²) >= 11 is 0. The minimum Gasteiger partial charge on any atom is -0.496 e. The molecule has 0 saturated heterocycles. The second-order valence-electron chi connectivity index (χ2n) is 5.39. The first-order valence-electron chi connectivity index (χ1n) is 7.10. The van der Waals surface area contributed by atoms with Crippen LogP contribution in [0.5, 0.6) is 5.75 Å². The van der Waals surface area contributed by atoms with Gasteiger partial charge in [0.15, 0.2) is 0 Å². The van der Waals surface area contributed by atoms with Gasteiger partial charge >= 0.3 is 5.97 Å². The van der Waals surface area contributed by atoms with E-state index >= 15 is 0 Å². The van der Waals surface area contributed by atoms with Crippen LogP contribution in [0.25, 0.3) is 0 Å². The van der Waals surface area contributed by atoms with Crippen molar-refractivity contribution < 1.29 is 14.6 Å². The van der Waals surface area contributed by atoms with Gasteiger partial charge in [0.05, 0.1) is 7.11 Å². The minimum absolute atomic E-state index is 0.0696. The molecule has 0 aliphatic heterocycles. The Morgan fingerprint density at radius 2 is 2.10 bits per heavy atom. The summed E-state index contributed by atoms with van der Waals surface area (Å²) in [6.45, 7) is 2.59. The molecule has 0 radical (unpaired) electrons. The SMILES string of the molecule is COc1ccccc1CCC(C)CC(CN)CC(=O)O. The predicted molar refractivity (Wildman–Crippen MR) is 79.9 cm³/mol. The van der Waals surface area contributed by atoms with Crippen molar-refractivity contribution in [2.75, 3.05) is 13.7 Å². The first-order chi connectivity index (χ1) is 9.56. The number of aryl methyl sites for hydroxylation is 1. The lowest BCUT2D eigenvalue weighted by Gasteiger charge is -2.18. The second-order valence-corrected chi connectivity index (χ2v) is 5.39. The van der Waals surface area contributed by atoms with Gasteiger partial charge in [-0.05, 0) is 49.3 Å².